The molecule has 1 aromatic heterocycles. The van der Waals surface area contributed by atoms with Gasteiger partial charge in [-0.15, -0.1) is 11.3 Å². The third-order valence-electron chi connectivity index (χ3n) is 4.38. The second-order valence-corrected chi connectivity index (χ2v) is 7.33. The van der Waals surface area contributed by atoms with E-state index in [1.807, 2.05) is 18.2 Å². The van der Waals surface area contributed by atoms with Crippen LogP contribution in [-0.2, 0) is 11.2 Å². The minimum atomic E-state index is 0.0490. The molecule has 2 heterocycles. The lowest BCUT2D eigenvalue weighted by atomic mass is 10.1. The third kappa shape index (κ3) is 4.42. The summed E-state index contributed by atoms with van der Waals surface area (Å²) >= 11 is 1.59. The van der Waals surface area contributed by atoms with E-state index < -0.39 is 0 Å². The van der Waals surface area contributed by atoms with Crippen molar-refractivity contribution in [2.45, 2.75) is 39.0 Å². The summed E-state index contributed by atoms with van der Waals surface area (Å²) in [4.78, 5) is 20.5. The van der Waals surface area contributed by atoms with Crippen molar-refractivity contribution in [3.8, 4) is 11.3 Å². The summed E-state index contributed by atoms with van der Waals surface area (Å²) in [7, 11) is 0. The number of amides is 1. The number of carbonyl (C=O) groups excluding carboxylic acids is 1. The lowest BCUT2D eigenvalue weighted by Gasteiger charge is -2.18. The molecule has 1 fully saturated rings. The number of anilines is 1. The van der Waals surface area contributed by atoms with Gasteiger partial charge < -0.3 is 5.32 Å². The van der Waals surface area contributed by atoms with Crippen molar-refractivity contribution in [1.82, 2.24) is 9.88 Å². The highest BCUT2D eigenvalue weighted by atomic mass is 32.1. The number of hydrogen-bond donors (Lipinski definition) is 1. The van der Waals surface area contributed by atoms with Gasteiger partial charge in [0, 0.05) is 10.4 Å². The number of aryl methyl sites for hydroxylation is 1. The van der Waals surface area contributed by atoms with E-state index >= 15 is 0 Å². The Morgan fingerprint density at radius 1 is 1.17 bits per heavy atom. The number of benzene rings is 1. The van der Waals surface area contributed by atoms with Crippen LogP contribution in [0.15, 0.2) is 30.3 Å². The van der Waals surface area contributed by atoms with Crippen LogP contribution in [0.3, 0.4) is 0 Å². The molecule has 0 atom stereocenters. The predicted octanol–water partition coefficient (Wildman–Crippen LogP) is 4.19. The van der Waals surface area contributed by atoms with Crippen LogP contribution in [0.1, 0.15) is 37.5 Å². The van der Waals surface area contributed by atoms with Gasteiger partial charge in [-0.3, -0.25) is 9.69 Å². The van der Waals surface area contributed by atoms with Crippen molar-refractivity contribution in [2.75, 3.05) is 25.0 Å². The lowest BCUT2D eigenvalue weighted by Crippen LogP contribution is -2.33. The lowest BCUT2D eigenvalue weighted by molar-refractivity contribution is -0.117. The molecule has 0 bridgehead atoms. The summed E-state index contributed by atoms with van der Waals surface area (Å²) < 4.78 is 0. The zero-order chi connectivity index (χ0) is 16.8. The Morgan fingerprint density at radius 2 is 1.88 bits per heavy atom. The van der Waals surface area contributed by atoms with E-state index in [1.165, 1.54) is 30.6 Å². The quantitative estimate of drug-likeness (QED) is 0.885. The maximum absolute atomic E-state index is 12.4. The van der Waals surface area contributed by atoms with Gasteiger partial charge in [0.2, 0.25) is 5.91 Å². The molecule has 1 N–H and O–H groups in total. The van der Waals surface area contributed by atoms with Crippen molar-refractivity contribution in [3.05, 3.63) is 35.2 Å². The number of nitrogens with zero attached hydrogens (tertiary/aromatic N) is 2. The number of carbonyl (C=O) groups is 1. The molecule has 1 aliphatic heterocycles. The zero-order valence-corrected chi connectivity index (χ0v) is 15.1. The highest BCUT2D eigenvalue weighted by Gasteiger charge is 2.16. The molecule has 0 unspecified atom stereocenters. The molecule has 5 heteroatoms. The fourth-order valence-corrected chi connectivity index (χ4v) is 4.06. The van der Waals surface area contributed by atoms with Crippen LogP contribution in [0.5, 0.6) is 0 Å². The van der Waals surface area contributed by atoms with Gasteiger partial charge in [0.15, 0.2) is 5.13 Å². The van der Waals surface area contributed by atoms with E-state index in [1.54, 1.807) is 11.3 Å². The monoisotopic (exact) mass is 343 g/mol. The Hall–Kier alpha value is -1.72. The van der Waals surface area contributed by atoms with E-state index in [9.17, 15) is 4.79 Å². The molecule has 24 heavy (non-hydrogen) atoms. The smallest absolute Gasteiger partial charge is 0.240 e. The van der Waals surface area contributed by atoms with Crippen LogP contribution >= 0.6 is 11.3 Å². The van der Waals surface area contributed by atoms with E-state index in [0.717, 1.165) is 30.8 Å². The van der Waals surface area contributed by atoms with Crippen LogP contribution in [0.25, 0.3) is 11.3 Å². The van der Waals surface area contributed by atoms with Crippen molar-refractivity contribution in [3.63, 3.8) is 0 Å². The molecular formula is C19H25N3OS. The van der Waals surface area contributed by atoms with Gasteiger partial charge in [-0.05, 0) is 32.4 Å². The normalized spacial score (nSPS) is 15.9. The molecule has 2 aromatic rings. The largest absolute Gasteiger partial charge is 0.301 e. The van der Waals surface area contributed by atoms with Gasteiger partial charge in [0.25, 0.3) is 0 Å². The maximum Gasteiger partial charge on any atom is 0.240 e. The second kappa shape index (κ2) is 8.40. The van der Waals surface area contributed by atoms with E-state index in [2.05, 4.69) is 34.3 Å². The Labute approximate surface area is 147 Å². The van der Waals surface area contributed by atoms with Crippen LogP contribution in [0.4, 0.5) is 5.13 Å². The summed E-state index contributed by atoms with van der Waals surface area (Å²) in [6.45, 7) is 4.66. The third-order valence-corrected chi connectivity index (χ3v) is 5.49. The summed E-state index contributed by atoms with van der Waals surface area (Å²) in [6.07, 6.45) is 5.88. The van der Waals surface area contributed by atoms with Crippen LogP contribution in [-0.4, -0.2) is 35.4 Å². The maximum atomic E-state index is 12.4. The number of likely N-dealkylation sites (tertiary alicyclic amines) is 1. The topological polar surface area (TPSA) is 45.2 Å². The number of nitrogens with one attached hydrogen (secondary N) is 1. The van der Waals surface area contributed by atoms with E-state index in [-0.39, 0.29) is 5.91 Å². The fourth-order valence-electron chi connectivity index (χ4n) is 3.12. The first kappa shape index (κ1) is 17.1. The number of thiazole rings is 1. The summed E-state index contributed by atoms with van der Waals surface area (Å²) in [5, 5.41) is 3.71. The minimum Gasteiger partial charge on any atom is -0.301 e. The molecule has 0 radical (unpaired) electrons. The summed E-state index contributed by atoms with van der Waals surface area (Å²) in [5.41, 5.74) is 2.10. The molecule has 128 valence electrons. The molecule has 3 rings (SSSR count). The van der Waals surface area contributed by atoms with Gasteiger partial charge in [0.05, 0.1) is 12.2 Å². The standard InChI is InChI=1S/C19H25N3OS/c1-2-16-18(15-10-6-5-7-11-15)21-19(24-16)20-17(23)14-22-12-8-3-4-9-13-22/h5-7,10-11H,2-4,8-9,12-14H2,1H3,(H,20,21,23). The first-order chi connectivity index (χ1) is 11.8. The van der Waals surface area contributed by atoms with Gasteiger partial charge >= 0.3 is 0 Å². The first-order valence-corrected chi connectivity index (χ1v) is 9.65. The summed E-state index contributed by atoms with van der Waals surface area (Å²) in [6, 6.07) is 10.2. The second-order valence-electron chi connectivity index (χ2n) is 6.25. The molecule has 4 nitrogen and oxygen atoms in total. The molecular weight excluding hydrogens is 318 g/mol. The molecule has 1 aliphatic rings. The number of rotatable bonds is 5. The van der Waals surface area contributed by atoms with E-state index in [4.69, 9.17) is 0 Å². The molecule has 1 aromatic carbocycles. The predicted molar refractivity (Wildman–Crippen MR) is 100 cm³/mol. The molecule has 0 spiro atoms. The molecule has 1 saturated heterocycles. The SMILES string of the molecule is CCc1sc(NC(=O)CN2CCCCCC2)nc1-c1ccccc1. The van der Waals surface area contributed by atoms with Crippen LogP contribution in [0.2, 0.25) is 0 Å². The number of hydrogen-bond acceptors (Lipinski definition) is 4. The Kier molecular flexibility index (Phi) is 5.99. The number of aromatic nitrogens is 1. The van der Waals surface area contributed by atoms with Crippen LogP contribution in [0, 0.1) is 0 Å². The summed E-state index contributed by atoms with van der Waals surface area (Å²) in [5.74, 6) is 0.0490. The average molecular weight is 343 g/mol. The Bertz CT molecular complexity index is 661. The highest BCUT2D eigenvalue weighted by Crippen LogP contribution is 2.31. The van der Waals surface area contributed by atoms with Crippen molar-refractivity contribution < 1.29 is 4.79 Å². The average Bonchev–Trinajstić information content (AvgIpc) is 2.83. The molecule has 0 aliphatic carbocycles. The van der Waals surface area contributed by atoms with Crippen LogP contribution < -0.4 is 5.32 Å². The fraction of sp³-hybridized carbons (Fsp3) is 0.474. The molecule has 0 saturated carbocycles. The molecule has 1 amide bonds. The van der Waals surface area contributed by atoms with Gasteiger partial charge in [-0.1, -0.05) is 50.1 Å². The van der Waals surface area contributed by atoms with E-state index in [0.29, 0.717) is 11.7 Å². The minimum absolute atomic E-state index is 0.0490. The van der Waals surface area contributed by atoms with Gasteiger partial charge in [-0.2, -0.15) is 0 Å². The van der Waals surface area contributed by atoms with Gasteiger partial charge in [-0.25, -0.2) is 4.98 Å². The van der Waals surface area contributed by atoms with Gasteiger partial charge in [0.1, 0.15) is 0 Å². The first-order valence-electron chi connectivity index (χ1n) is 8.83. The van der Waals surface area contributed by atoms with Crippen molar-refractivity contribution >= 4 is 22.4 Å². The highest BCUT2D eigenvalue weighted by molar-refractivity contribution is 7.16. The zero-order valence-electron chi connectivity index (χ0n) is 14.3. The Morgan fingerprint density at radius 3 is 2.54 bits per heavy atom. The van der Waals surface area contributed by atoms with Crippen molar-refractivity contribution in [1.29, 1.82) is 0 Å². The van der Waals surface area contributed by atoms with Crippen molar-refractivity contribution in [2.24, 2.45) is 0 Å². The Balaban J connectivity index is 1.66.